The van der Waals surface area contributed by atoms with E-state index in [1.807, 2.05) is 0 Å². The third-order valence-electron chi connectivity index (χ3n) is 4.14. The minimum Gasteiger partial charge on any atom is -0.378 e. The zero-order chi connectivity index (χ0) is 15.0. The van der Waals surface area contributed by atoms with Crippen molar-refractivity contribution in [1.82, 2.24) is 9.55 Å². The Morgan fingerprint density at radius 2 is 2.29 bits per heavy atom. The summed E-state index contributed by atoms with van der Waals surface area (Å²) in [4.78, 5) is 4.56. The molecule has 0 N–H and O–H groups in total. The summed E-state index contributed by atoms with van der Waals surface area (Å²) >= 11 is 11.7. The van der Waals surface area contributed by atoms with Crippen LogP contribution in [0, 0.1) is 11.7 Å². The van der Waals surface area contributed by atoms with Crippen molar-refractivity contribution in [3.05, 3.63) is 28.8 Å². The number of hydrogen-bond donors (Lipinski definition) is 0. The van der Waals surface area contributed by atoms with Crippen LogP contribution >= 0.6 is 23.2 Å². The van der Waals surface area contributed by atoms with Crippen LogP contribution in [0.5, 0.6) is 0 Å². The van der Waals surface area contributed by atoms with Gasteiger partial charge in [-0.3, -0.25) is 0 Å². The molecule has 0 bridgehead atoms. The molecular formula is C15H17Cl2FN2O. The lowest BCUT2D eigenvalue weighted by atomic mass is 10.0. The topological polar surface area (TPSA) is 27.1 Å². The molecule has 2 unspecified atom stereocenters. The Hall–Kier alpha value is -0.840. The lowest BCUT2D eigenvalue weighted by Gasteiger charge is -2.17. The molecule has 114 valence electrons. The summed E-state index contributed by atoms with van der Waals surface area (Å²) in [6, 6.07) is 3.04. The molecule has 1 aliphatic rings. The first-order chi connectivity index (χ1) is 10.1. The number of halogens is 3. The van der Waals surface area contributed by atoms with E-state index in [0.717, 1.165) is 30.9 Å². The number of ether oxygens (including phenoxy) is 1. The van der Waals surface area contributed by atoms with Gasteiger partial charge in [-0.25, -0.2) is 9.37 Å². The summed E-state index contributed by atoms with van der Waals surface area (Å²) in [5.74, 6) is 1.35. The number of nitrogens with zero attached hydrogens (tertiary/aromatic N) is 2. The predicted octanol–water partition coefficient (Wildman–Crippen LogP) is 4.04. The average Bonchev–Trinajstić information content (AvgIpc) is 2.98. The first-order valence-electron chi connectivity index (χ1n) is 7.12. The van der Waals surface area contributed by atoms with Crippen LogP contribution in [-0.4, -0.2) is 28.1 Å². The molecule has 2 atom stereocenters. The SMILES string of the molecule is CC1OCCC1Cn1c(CCCl)nc2cc(Cl)c(F)cc21. The van der Waals surface area contributed by atoms with Crippen molar-refractivity contribution < 1.29 is 9.13 Å². The van der Waals surface area contributed by atoms with E-state index in [-0.39, 0.29) is 11.1 Å². The van der Waals surface area contributed by atoms with Crippen LogP contribution in [0.2, 0.25) is 5.02 Å². The monoisotopic (exact) mass is 330 g/mol. The smallest absolute Gasteiger partial charge is 0.144 e. The van der Waals surface area contributed by atoms with E-state index in [2.05, 4.69) is 16.5 Å². The third kappa shape index (κ3) is 2.89. The van der Waals surface area contributed by atoms with E-state index in [4.69, 9.17) is 27.9 Å². The maximum atomic E-state index is 13.8. The molecule has 3 nitrogen and oxygen atoms in total. The molecule has 2 heterocycles. The molecule has 21 heavy (non-hydrogen) atoms. The van der Waals surface area contributed by atoms with Crippen molar-refractivity contribution in [2.75, 3.05) is 12.5 Å². The lowest BCUT2D eigenvalue weighted by molar-refractivity contribution is 0.102. The molecule has 0 aliphatic carbocycles. The highest BCUT2D eigenvalue weighted by molar-refractivity contribution is 6.31. The van der Waals surface area contributed by atoms with Crippen LogP contribution in [0.4, 0.5) is 4.39 Å². The Labute approximate surface area is 133 Å². The molecule has 1 aromatic heterocycles. The first-order valence-corrected chi connectivity index (χ1v) is 8.03. The molecule has 1 fully saturated rings. The van der Waals surface area contributed by atoms with Gasteiger partial charge in [0.15, 0.2) is 0 Å². The van der Waals surface area contributed by atoms with Crippen molar-refractivity contribution in [3.8, 4) is 0 Å². The number of fused-ring (bicyclic) bond motifs is 1. The van der Waals surface area contributed by atoms with Gasteiger partial charge in [-0.2, -0.15) is 0 Å². The fourth-order valence-electron chi connectivity index (χ4n) is 2.90. The Morgan fingerprint density at radius 3 is 2.95 bits per heavy atom. The first kappa shape index (κ1) is 15.1. The summed E-state index contributed by atoms with van der Waals surface area (Å²) in [7, 11) is 0. The van der Waals surface area contributed by atoms with Gasteiger partial charge < -0.3 is 9.30 Å². The summed E-state index contributed by atoms with van der Waals surface area (Å²) < 4.78 is 21.5. The second-order valence-electron chi connectivity index (χ2n) is 5.46. The fraction of sp³-hybridized carbons (Fsp3) is 0.533. The van der Waals surface area contributed by atoms with E-state index >= 15 is 0 Å². The molecule has 6 heteroatoms. The van der Waals surface area contributed by atoms with Gasteiger partial charge in [0.05, 0.1) is 22.2 Å². The fourth-order valence-corrected chi connectivity index (χ4v) is 3.23. The molecule has 1 aromatic carbocycles. The van der Waals surface area contributed by atoms with Crippen LogP contribution in [0.3, 0.4) is 0 Å². The number of imidazole rings is 1. The lowest BCUT2D eigenvalue weighted by Crippen LogP contribution is -2.19. The predicted molar refractivity (Wildman–Crippen MR) is 82.6 cm³/mol. The van der Waals surface area contributed by atoms with E-state index in [9.17, 15) is 4.39 Å². The Bertz CT molecular complexity index is 659. The van der Waals surface area contributed by atoms with E-state index in [0.29, 0.717) is 23.7 Å². The summed E-state index contributed by atoms with van der Waals surface area (Å²) in [6.45, 7) is 3.63. The maximum Gasteiger partial charge on any atom is 0.144 e. The molecule has 3 rings (SSSR count). The Morgan fingerprint density at radius 1 is 1.48 bits per heavy atom. The van der Waals surface area contributed by atoms with Gasteiger partial charge >= 0.3 is 0 Å². The second-order valence-corrected chi connectivity index (χ2v) is 6.24. The van der Waals surface area contributed by atoms with Gasteiger partial charge in [0, 0.05) is 37.4 Å². The Kier molecular flexibility index (Phi) is 4.38. The standard InChI is InChI=1S/C15H17Cl2FN2O/c1-9-10(3-5-21-9)8-20-14-7-12(18)11(17)6-13(14)19-15(20)2-4-16/h6-7,9-10H,2-5,8H2,1H3. The average molecular weight is 331 g/mol. The highest BCUT2D eigenvalue weighted by atomic mass is 35.5. The highest BCUT2D eigenvalue weighted by Gasteiger charge is 2.26. The molecule has 0 radical (unpaired) electrons. The zero-order valence-electron chi connectivity index (χ0n) is 11.8. The number of aryl methyl sites for hydroxylation is 1. The summed E-state index contributed by atoms with van der Waals surface area (Å²) in [5, 5.41) is 0.0992. The van der Waals surface area contributed by atoms with Crippen LogP contribution in [0.1, 0.15) is 19.2 Å². The number of rotatable bonds is 4. The van der Waals surface area contributed by atoms with Crippen LogP contribution < -0.4 is 0 Å². The largest absolute Gasteiger partial charge is 0.378 e. The van der Waals surface area contributed by atoms with Crippen LogP contribution in [0.25, 0.3) is 11.0 Å². The van der Waals surface area contributed by atoms with Gasteiger partial charge in [0.2, 0.25) is 0 Å². The van der Waals surface area contributed by atoms with Crippen LogP contribution in [0.15, 0.2) is 12.1 Å². The minimum absolute atomic E-state index is 0.0992. The summed E-state index contributed by atoms with van der Waals surface area (Å²) in [5.41, 5.74) is 1.49. The summed E-state index contributed by atoms with van der Waals surface area (Å²) in [6.07, 6.45) is 1.87. The quantitative estimate of drug-likeness (QED) is 0.791. The molecule has 1 aliphatic heterocycles. The van der Waals surface area contributed by atoms with Gasteiger partial charge in [-0.15, -0.1) is 11.6 Å². The van der Waals surface area contributed by atoms with Crippen molar-refractivity contribution >= 4 is 34.2 Å². The van der Waals surface area contributed by atoms with E-state index in [1.54, 1.807) is 6.07 Å². The number of aromatic nitrogens is 2. The molecule has 1 saturated heterocycles. The number of benzene rings is 1. The second kappa shape index (κ2) is 6.11. The van der Waals surface area contributed by atoms with Crippen molar-refractivity contribution in [2.45, 2.75) is 32.4 Å². The number of hydrogen-bond acceptors (Lipinski definition) is 2. The van der Waals surface area contributed by atoms with E-state index < -0.39 is 5.82 Å². The van der Waals surface area contributed by atoms with Crippen molar-refractivity contribution in [2.24, 2.45) is 5.92 Å². The molecule has 0 amide bonds. The molecule has 0 spiro atoms. The maximum absolute atomic E-state index is 13.8. The molecule has 2 aromatic rings. The molecular weight excluding hydrogens is 314 g/mol. The molecule has 0 saturated carbocycles. The van der Waals surface area contributed by atoms with Crippen LogP contribution in [-0.2, 0) is 17.7 Å². The van der Waals surface area contributed by atoms with E-state index in [1.165, 1.54) is 6.07 Å². The normalized spacial score (nSPS) is 22.3. The Balaban J connectivity index is 2.04. The minimum atomic E-state index is -0.418. The van der Waals surface area contributed by atoms with Gasteiger partial charge in [0.1, 0.15) is 11.6 Å². The zero-order valence-corrected chi connectivity index (χ0v) is 13.3. The van der Waals surface area contributed by atoms with Crippen molar-refractivity contribution in [3.63, 3.8) is 0 Å². The van der Waals surface area contributed by atoms with Gasteiger partial charge in [-0.05, 0) is 19.4 Å². The highest BCUT2D eigenvalue weighted by Crippen LogP contribution is 2.28. The third-order valence-corrected chi connectivity index (χ3v) is 4.62. The van der Waals surface area contributed by atoms with Gasteiger partial charge in [0.25, 0.3) is 0 Å². The van der Waals surface area contributed by atoms with Crippen molar-refractivity contribution in [1.29, 1.82) is 0 Å². The van der Waals surface area contributed by atoms with Gasteiger partial charge in [-0.1, -0.05) is 11.6 Å². The number of alkyl halides is 1.